The number of nitrogens with zero attached hydrogens (tertiary/aromatic N) is 2. The summed E-state index contributed by atoms with van der Waals surface area (Å²) in [6, 6.07) is 8.46. The number of halogens is 3. The van der Waals surface area contributed by atoms with Crippen LogP contribution in [0.1, 0.15) is 18.4 Å². The fourth-order valence-corrected chi connectivity index (χ4v) is 3.14. The van der Waals surface area contributed by atoms with Crippen molar-refractivity contribution < 1.29 is 0 Å². The fourth-order valence-electron chi connectivity index (χ4n) is 2.92. The Hall–Kier alpha value is -0.580. The predicted octanol–water partition coefficient (Wildman–Crippen LogP) is 3.90. The Labute approximate surface area is 149 Å². The van der Waals surface area contributed by atoms with Gasteiger partial charge in [0.05, 0.1) is 5.52 Å². The maximum absolute atomic E-state index is 6.24. The number of pyridine rings is 1. The molecule has 0 amide bonds. The second-order valence-corrected chi connectivity index (χ2v) is 6.07. The van der Waals surface area contributed by atoms with Crippen LogP contribution in [-0.4, -0.2) is 29.5 Å². The molecule has 122 valence electrons. The molecule has 6 heteroatoms. The topological polar surface area (TPSA) is 42.2 Å². The van der Waals surface area contributed by atoms with Crippen LogP contribution in [0.5, 0.6) is 0 Å². The smallest absolute Gasteiger partial charge is 0.0761 e. The first-order valence-electron chi connectivity index (χ1n) is 7.13. The van der Waals surface area contributed by atoms with Gasteiger partial charge in [-0.3, -0.25) is 9.88 Å². The summed E-state index contributed by atoms with van der Waals surface area (Å²) in [6.07, 6.45) is 4.45. The number of hydrogen-bond acceptors (Lipinski definition) is 3. The third kappa shape index (κ3) is 4.03. The molecular weight excluding hydrogens is 341 g/mol. The van der Waals surface area contributed by atoms with E-state index in [1.807, 2.05) is 24.4 Å². The third-order valence-electron chi connectivity index (χ3n) is 4.19. The Morgan fingerprint density at radius 3 is 2.68 bits per heavy atom. The molecule has 1 atom stereocenters. The predicted molar refractivity (Wildman–Crippen MR) is 98.3 cm³/mol. The summed E-state index contributed by atoms with van der Waals surface area (Å²) < 4.78 is 0. The molecule has 1 heterocycles. The van der Waals surface area contributed by atoms with Crippen LogP contribution in [-0.2, 0) is 6.54 Å². The maximum atomic E-state index is 6.24. The number of likely N-dealkylation sites (N-methyl/N-ethyl adjacent to an activating group) is 1. The molecule has 1 aromatic carbocycles. The van der Waals surface area contributed by atoms with Gasteiger partial charge in [0, 0.05) is 35.7 Å². The van der Waals surface area contributed by atoms with E-state index in [2.05, 4.69) is 23.0 Å². The van der Waals surface area contributed by atoms with E-state index in [-0.39, 0.29) is 24.8 Å². The minimum Gasteiger partial charge on any atom is -0.329 e. The zero-order valence-electron chi connectivity index (χ0n) is 12.5. The van der Waals surface area contributed by atoms with Gasteiger partial charge in [0.15, 0.2) is 0 Å². The number of rotatable bonds is 5. The van der Waals surface area contributed by atoms with Crippen molar-refractivity contribution in [2.75, 3.05) is 13.6 Å². The van der Waals surface area contributed by atoms with Crippen LogP contribution in [0.25, 0.3) is 10.9 Å². The molecule has 22 heavy (non-hydrogen) atoms. The molecule has 0 bridgehead atoms. The number of benzene rings is 1. The molecule has 0 radical (unpaired) electrons. The van der Waals surface area contributed by atoms with E-state index in [9.17, 15) is 0 Å². The second kappa shape index (κ2) is 8.32. The van der Waals surface area contributed by atoms with Crippen molar-refractivity contribution in [2.45, 2.75) is 25.4 Å². The van der Waals surface area contributed by atoms with Crippen LogP contribution in [0.15, 0.2) is 30.5 Å². The zero-order valence-corrected chi connectivity index (χ0v) is 14.9. The maximum Gasteiger partial charge on any atom is 0.0761 e. The van der Waals surface area contributed by atoms with Crippen molar-refractivity contribution in [3.63, 3.8) is 0 Å². The SMILES string of the molecule is CN(Cc1ccc(Cl)c2cccnc12)C(CN)C1CC1.Cl.Cl. The van der Waals surface area contributed by atoms with Crippen LogP contribution < -0.4 is 5.73 Å². The Morgan fingerprint density at radius 2 is 2.05 bits per heavy atom. The van der Waals surface area contributed by atoms with E-state index < -0.39 is 0 Å². The molecule has 2 N–H and O–H groups in total. The molecule has 1 aliphatic rings. The highest BCUT2D eigenvalue weighted by molar-refractivity contribution is 6.35. The summed E-state index contributed by atoms with van der Waals surface area (Å²) in [7, 11) is 2.15. The van der Waals surface area contributed by atoms with E-state index in [1.54, 1.807) is 0 Å². The van der Waals surface area contributed by atoms with Crippen molar-refractivity contribution >= 4 is 47.3 Å². The van der Waals surface area contributed by atoms with Crippen molar-refractivity contribution in [3.05, 3.63) is 41.0 Å². The highest BCUT2D eigenvalue weighted by Gasteiger charge is 2.32. The summed E-state index contributed by atoms with van der Waals surface area (Å²) in [4.78, 5) is 6.85. The monoisotopic (exact) mass is 361 g/mol. The molecule has 3 nitrogen and oxygen atoms in total. The number of fused-ring (bicyclic) bond motifs is 1. The van der Waals surface area contributed by atoms with E-state index in [0.717, 1.165) is 34.9 Å². The molecule has 1 unspecified atom stereocenters. The number of nitrogens with two attached hydrogens (primary N) is 1. The van der Waals surface area contributed by atoms with Crippen LogP contribution in [0, 0.1) is 5.92 Å². The molecule has 1 fully saturated rings. The average Bonchev–Trinajstić information content (AvgIpc) is 3.28. The van der Waals surface area contributed by atoms with Gasteiger partial charge in [-0.05, 0) is 49.6 Å². The van der Waals surface area contributed by atoms with Crippen LogP contribution in [0.2, 0.25) is 5.02 Å². The molecule has 0 aliphatic heterocycles. The molecule has 2 aromatic rings. The average molecular weight is 363 g/mol. The lowest BCUT2D eigenvalue weighted by molar-refractivity contribution is 0.216. The number of hydrogen-bond donors (Lipinski definition) is 1. The molecule has 0 spiro atoms. The molecule has 0 saturated heterocycles. The van der Waals surface area contributed by atoms with Gasteiger partial charge in [0.25, 0.3) is 0 Å². The van der Waals surface area contributed by atoms with Gasteiger partial charge in [-0.1, -0.05) is 17.7 Å². The fraction of sp³-hybridized carbons (Fsp3) is 0.438. The first kappa shape index (κ1) is 19.5. The normalized spacial score (nSPS) is 15.3. The Morgan fingerprint density at radius 1 is 1.32 bits per heavy atom. The lowest BCUT2D eigenvalue weighted by atomic mass is 10.1. The minimum absolute atomic E-state index is 0. The van der Waals surface area contributed by atoms with Crippen molar-refractivity contribution in [3.8, 4) is 0 Å². The standard InChI is InChI=1S/C16H20ClN3.2ClH/c1-20(15(9-18)11-4-5-11)10-12-6-7-14(17)13-3-2-8-19-16(12)13;;/h2-3,6-8,11,15H,4-5,9-10,18H2,1H3;2*1H. The van der Waals surface area contributed by atoms with Crippen molar-refractivity contribution in [1.82, 2.24) is 9.88 Å². The number of aromatic nitrogens is 1. The van der Waals surface area contributed by atoms with E-state index >= 15 is 0 Å². The lowest BCUT2D eigenvalue weighted by Crippen LogP contribution is -2.39. The Balaban J connectivity index is 0.00000121. The van der Waals surface area contributed by atoms with Gasteiger partial charge in [-0.2, -0.15) is 0 Å². The largest absolute Gasteiger partial charge is 0.329 e. The van der Waals surface area contributed by atoms with Crippen LogP contribution in [0.3, 0.4) is 0 Å². The summed E-state index contributed by atoms with van der Waals surface area (Å²) in [6.45, 7) is 1.59. The minimum atomic E-state index is 0. The molecule has 1 aliphatic carbocycles. The van der Waals surface area contributed by atoms with E-state index in [0.29, 0.717) is 6.04 Å². The third-order valence-corrected chi connectivity index (χ3v) is 4.52. The Bertz CT molecular complexity index is 617. The zero-order chi connectivity index (χ0) is 14.1. The Kier molecular flexibility index (Phi) is 7.36. The highest BCUT2D eigenvalue weighted by Crippen LogP contribution is 2.35. The van der Waals surface area contributed by atoms with Gasteiger partial charge in [-0.25, -0.2) is 0 Å². The second-order valence-electron chi connectivity index (χ2n) is 5.66. The van der Waals surface area contributed by atoms with E-state index in [1.165, 1.54) is 18.4 Å². The lowest BCUT2D eigenvalue weighted by Gasteiger charge is -2.27. The first-order chi connectivity index (χ1) is 9.70. The molecular formula is C16H22Cl3N3. The first-order valence-corrected chi connectivity index (χ1v) is 7.51. The summed E-state index contributed by atoms with van der Waals surface area (Å²) in [5, 5.41) is 1.79. The van der Waals surface area contributed by atoms with Gasteiger partial charge in [0.2, 0.25) is 0 Å². The molecule has 1 aromatic heterocycles. The summed E-state index contributed by atoms with van der Waals surface area (Å²) in [5.41, 5.74) is 8.14. The van der Waals surface area contributed by atoms with Crippen molar-refractivity contribution in [2.24, 2.45) is 11.7 Å². The summed E-state index contributed by atoms with van der Waals surface area (Å²) >= 11 is 6.24. The van der Waals surface area contributed by atoms with Gasteiger partial charge >= 0.3 is 0 Å². The molecule has 1 saturated carbocycles. The highest BCUT2D eigenvalue weighted by atomic mass is 35.5. The van der Waals surface area contributed by atoms with Crippen LogP contribution in [0.4, 0.5) is 0 Å². The summed E-state index contributed by atoms with van der Waals surface area (Å²) in [5.74, 6) is 0.775. The van der Waals surface area contributed by atoms with Gasteiger partial charge in [-0.15, -0.1) is 24.8 Å². The van der Waals surface area contributed by atoms with Crippen molar-refractivity contribution in [1.29, 1.82) is 0 Å². The van der Waals surface area contributed by atoms with Gasteiger partial charge < -0.3 is 5.73 Å². The quantitative estimate of drug-likeness (QED) is 0.877. The van der Waals surface area contributed by atoms with Crippen LogP contribution >= 0.6 is 36.4 Å². The molecule has 3 rings (SSSR count). The van der Waals surface area contributed by atoms with E-state index in [4.69, 9.17) is 17.3 Å². The van der Waals surface area contributed by atoms with Gasteiger partial charge in [0.1, 0.15) is 0 Å².